The van der Waals surface area contributed by atoms with Gasteiger partial charge in [0.1, 0.15) is 6.10 Å². The number of halogens is 1. The molecule has 1 aromatic heterocycles. The van der Waals surface area contributed by atoms with Crippen LogP contribution in [0.3, 0.4) is 0 Å². The van der Waals surface area contributed by atoms with E-state index in [1.807, 2.05) is 73.7 Å². The lowest BCUT2D eigenvalue weighted by Gasteiger charge is -2.19. The first-order valence-electron chi connectivity index (χ1n) is 11.6. The minimum atomic E-state index is -3.76. The minimum Gasteiger partial charge on any atom is -0.478 e. The summed E-state index contributed by atoms with van der Waals surface area (Å²) in [4.78, 5) is 16.3. The third kappa shape index (κ3) is 7.04. The fourth-order valence-electron chi connectivity index (χ4n) is 4.23. The smallest absolute Gasteiger partial charge is 0.335 e. The van der Waals surface area contributed by atoms with Gasteiger partial charge in [-0.2, -0.15) is 8.42 Å². The maximum absolute atomic E-state index is 12.0. The molecule has 4 aromatic rings. The van der Waals surface area contributed by atoms with Gasteiger partial charge < -0.3 is 5.11 Å². The van der Waals surface area contributed by atoms with E-state index in [-0.39, 0.29) is 5.56 Å². The molecule has 0 bridgehead atoms. The number of carbonyl (C=O) groups is 1. The van der Waals surface area contributed by atoms with Gasteiger partial charge >= 0.3 is 5.97 Å². The van der Waals surface area contributed by atoms with Crippen LogP contribution in [-0.2, 0) is 20.7 Å². The first-order chi connectivity index (χ1) is 17.6. The Morgan fingerprint density at radius 1 is 1.05 bits per heavy atom. The van der Waals surface area contributed by atoms with E-state index in [1.165, 1.54) is 0 Å². The average Bonchev–Trinajstić information content (AvgIpc) is 2.85. The van der Waals surface area contributed by atoms with E-state index in [0.29, 0.717) is 29.0 Å². The molecule has 0 saturated carbocycles. The molecule has 1 atom stereocenters. The van der Waals surface area contributed by atoms with Gasteiger partial charge in [-0.05, 0) is 78.4 Å². The summed E-state index contributed by atoms with van der Waals surface area (Å²) in [5, 5.41) is 11.2. The molecular weight excluding hydrogens is 510 g/mol. The van der Waals surface area contributed by atoms with Crippen LogP contribution in [0.1, 0.15) is 50.8 Å². The highest BCUT2D eigenvalue weighted by molar-refractivity contribution is 7.86. The summed E-state index contributed by atoms with van der Waals surface area (Å²) in [5.41, 5.74) is 4.77. The zero-order chi connectivity index (χ0) is 26.6. The molecule has 0 aliphatic carbocycles. The van der Waals surface area contributed by atoms with Crippen molar-refractivity contribution in [2.75, 3.05) is 6.26 Å². The number of nitrogens with zero attached hydrogens (tertiary/aromatic N) is 1. The third-order valence-corrected chi connectivity index (χ3v) is 6.81. The Morgan fingerprint density at radius 3 is 2.57 bits per heavy atom. The summed E-state index contributed by atoms with van der Waals surface area (Å²) in [6.45, 7) is 1.84. The standard InChI is InChI=1S/C29H26ClNO5S/c1-19-5-3-8-26(29(32)33)25(19)15-16-28(36-37(2,34)35)22-7-4-6-20(17-22)9-13-24-14-11-21-10-12-23(30)18-27(21)31-24/h3-14,17-18,28H,15-16H2,1-2H3,(H,32,33)/t28-/m0/s1. The molecule has 0 aliphatic heterocycles. The molecule has 3 aromatic carbocycles. The summed E-state index contributed by atoms with van der Waals surface area (Å²) in [5.74, 6) is -1.02. The van der Waals surface area contributed by atoms with E-state index in [0.717, 1.165) is 34.0 Å². The van der Waals surface area contributed by atoms with Crippen LogP contribution in [0.4, 0.5) is 0 Å². The van der Waals surface area contributed by atoms with Crippen molar-refractivity contribution in [3.8, 4) is 0 Å². The fourth-order valence-corrected chi connectivity index (χ4v) is 5.03. The van der Waals surface area contributed by atoms with Gasteiger partial charge in [0.2, 0.25) is 0 Å². The zero-order valence-electron chi connectivity index (χ0n) is 20.4. The summed E-state index contributed by atoms with van der Waals surface area (Å²) in [6, 6.07) is 21.9. The molecule has 1 heterocycles. The van der Waals surface area contributed by atoms with Crippen LogP contribution in [0.15, 0.2) is 72.8 Å². The highest BCUT2D eigenvalue weighted by Crippen LogP contribution is 2.28. The number of carboxylic acids is 1. The second-order valence-corrected chi connectivity index (χ2v) is 10.8. The lowest BCUT2D eigenvalue weighted by atomic mass is 9.94. The third-order valence-electron chi connectivity index (χ3n) is 5.99. The fraction of sp³-hybridized carbons (Fsp3) is 0.172. The van der Waals surface area contributed by atoms with Crippen LogP contribution < -0.4 is 0 Å². The SMILES string of the molecule is Cc1cccc(C(=O)O)c1CC[C@H](OS(C)(=O)=O)c1cccc(C=Cc2ccc3ccc(Cl)cc3n2)c1. The second-order valence-electron chi connectivity index (χ2n) is 8.81. The first-order valence-corrected chi connectivity index (χ1v) is 13.8. The monoisotopic (exact) mass is 535 g/mol. The van der Waals surface area contributed by atoms with E-state index in [1.54, 1.807) is 18.2 Å². The molecule has 6 nitrogen and oxygen atoms in total. The molecule has 0 amide bonds. The van der Waals surface area contributed by atoms with Gasteiger partial charge in [0, 0.05) is 10.4 Å². The van der Waals surface area contributed by atoms with Crippen molar-refractivity contribution in [3.05, 3.63) is 111 Å². The van der Waals surface area contributed by atoms with Crippen molar-refractivity contribution in [2.45, 2.75) is 25.9 Å². The van der Waals surface area contributed by atoms with E-state index in [9.17, 15) is 18.3 Å². The van der Waals surface area contributed by atoms with E-state index >= 15 is 0 Å². The Hall–Kier alpha value is -3.52. The molecule has 0 unspecified atom stereocenters. The molecule has 1 N–H and O–H groups in total. The number of hydrogen-bond donors (Lipinski definition) is 1. The molecule has 37 heavy (non-hydrogen) atoms. The largest absolute Gasteiger partial charge is 0.478 e. The molecule has 8 heteroatoms. The molecule has 4 rings (SSSR count). The van der Waals surface area contributed by atoms with Gasteiger partial charge in [0.15, 0.2) is 0 Å². The maximum Gasteiger partial charge on any atom is 0.335 e. The lowest BCUT2D eigenvalue weighted by Crippen LogP contribution is -2.13. The van der Waals surface area contributed by atoms with Crippen molar-refractivity contribution >= 4 is 50.7 Å². The van der Waals surface area contributed by atoms with E-state index in [4.69, 9.17) is 15.8 Å². The van der Waals surface area contributed by atoms with Crippen LogP contribution in [0.25, 0.3) is 23.1 Å². The quantitative estimate of drug-likeness (QED) is 0.239. The summed E-state index contributed by atoms with van der Waals surface area (Å²) in [7, 11) is -3.76. The van der Waals surface area contributed by atoms with Crippen LogP contribution in [0, 0.1) is 6.92 Å². The number of aromatic carboxylic acids is 1. The first kappa shape index (κ1) is 26.5. The molecule has 0 radical (unpaired) electrons. The van der Waals surface area contributed by atoms with Crippen LogP contribution >= 0.6 is 11.6 Å². The highest BCUT2D eigenvalue weighted by atomic mass is 35.5. The van der Waals surface area contributed by atoms with Gasteiger partial charge in [0.25, 0.3) is 10.1 Å². The van der Waals surface area contributed by atoms with E-state index in [2.05, 4.69) is 4.98 Å². The Morgan fingerprint density at radius 2 is 1.81 bits per heavy atom. The highest BCUT2D eigenvalue weighted by Gasteiger charge is 2.20. The molecular formula is C29H26ClNO5S. The predicted molar refractivity (Wildman–Crippen MR) is 147 cm³/mol. The van der Waals surface area contributed by atoms with Crippen molar-refractivity contribution in [1.29, 1.82) is 0 Å². The summed E-state index contributed by atoms with van der Waals surface area (Å²) < 4.78 is 29.5. The van der Waals surface area contributed by atoms with Gasteiger partial charge in [0.05, 0.1) is 23.0 Å². The van der Waals surface area contributed by atoms with Crippen LogP contribution in [-0.4, -0.2) is 30.7 Å². The Labute approximate surface area is 221 Å². The second kappa shape index (κ2) is 11.3. The van der Waals surface area contributed by atoms with E-state index < -0.39 is 22.2 Å². The Balaban J connectivity index is 1.59. The summed E-state index contributed by atoms with van der Waals surface area (Å²) >= 11 is 6.09. The van der Waals surface area contributed by atoms with Gasteiger partial charge in [-0.25, -0.2) is 9.78 Å². The zero-order valence-corrected chi connectivity index (χ0v) is 22.0. The molecule has 0 spiro atoms. The number of aryl methyl sites for hydroxylation is 1. The predicted octanol–water partition coefficient (Wildman–Crippen LogP) is 6.72. The van der Waals surface area contributed by atoms with Crippen LogP contribution in [0.2, 0.25) is 5.02 Å². The van der Waals surface area contributed by atoms with Crippen molar-refractivity contribution in [1.82, 2.24) is 4.98 Å². The van der Waals surface area contributed by atoms with Gasteiger partial charge in [-0.1, -0.05) is 60.1 Å². The summed E-state index contributed by atoms with van der Waals surface area (Å²) in [6.07, 6.45) is 4.64. The number of aromatic nitrogens is 1. The Bertz CT molecular complexity index is 1600. The van der Waals surface area contributed by atoms with Crippen molar-refractivity contribution < 1.29 is 22.5 Å². The van der Waals surface area contributed by atoms with Gasteiger partial charge in [-0.15, -0.1) is 0 Å². The molecule has 190 valence electrons. The van der Waals surface area contributed by atoms with Crippen LogP contribution in [0.5, 0.6) is 0 Å². The molecule has 0 fully saturated rings. The number of benzene rings is 3. The number of carboxylic acid groups (broad SMARTS) is 1. The number of fused-ring (bicyclic) bond motifs is 1. The maximum atomic E-state index is 12.0. The topological polar surface area (TPSA) is 93.6 Å². The molecule has 0 aliphatic rings. The van der Waals surface area contributed by atoms with Crippen molar-refractivity contribution in [3.63, 3.8) is 0 Å². The lowest BCUT2D eigenvalue weighted by molar-refractivity contribution is 0.0695. The number of rotatable bonds is 9. The number of hydrogen-bond acceptors (Lipinski definition) is 5. The average molecular weight is 536 g/mol. The normalized spacial score (nSPS) is 12.7. The Kier molecular flexibility index (Phi) is 8.07. The van der Waals surface area contributed by atoms with Gasteiger partial charge in [-0.3, -0.25) is 4.18 Å². The molecule has 0 saturated heterocycles. The van der Waals surface area contributed by atoms with Crippen molar-refractivity contribution in [2.24, 2.45) is 0 Å². The number of pyridine rings is 1. The minimum absolute atomic E-state index is 0.207.